The van der Waals surface area contributed by atoms with Gasteiger partial charge in [-0.05, 0) is 45.4 Å². The van der Waals surface area contributed by atoms with Crippen molar-refractivity contribution in [1.82, 2.24) is 4.90 Å². The maximum Gasteiger partial charge on any atom is 0.410 e. The molecule has 0 bridgehead atoms. The van der Waals surface area contributed by atoms with Crippen molar-refractivity contribution in [1.29, 1.82) is 0 Å². The lowest BCUT2D eigenvalue weighted by molar-refractivity contribution is 0.0201. The van der Waals surface area contributed by atoms with Crippen LogP contribution in [-0.4, -0.2) is 34.8 Å². The number of carbonyl (C=O) groups is 1. The van der Waals surface area contributed by atoms with Gasteiger partial charge in [0.2, 0.25) is 0 Å². The Morgan fingerprint density at radius 2 is 1.70 bits per heavy atom. The minimum absolute atomic E-state index is 0.0479. The maximum absolute atomic E-state index is 12.2. The zero-order valence-electron chi connectivity index (χ0n) is 12.3. The molecule has 0 radical (unpaired) electrons. The van der Waals surface area contributed by atoms with Gasteiger partial charge in [0.1, 0.15) is 0 Å². The Kier molecular flexibility index (Phi) is 6.49. The highest BCUT2D eigenvalue weighted by Gasteiger charge is 2.25. The fourth-order valence-corrected chi connectivity index (χ4v) is 2.35. The van der Waals surface area contributed by atoms with E-state index in [9.17, 15) is 9.90 Å². The molecule has 1 rings (SSSR count). The topological polar surface area (TPSA) is 49.8 Å². The van der Waals surface area contributed by atoms with E-state index in [2.05, 4.69) is 15.9 Å². The van der Waals surface area contributed by atoms with Gasteiger partial charge in [-0.3, -0.25) is 0 Å². The van der Waals surface area contributed by atoms with E-state index in [1.165, 1.54) is 0 Å². The first-order valence-electron chi connectivity index (χ1n) is 6.72. The van der Waals surface area contributed by atoms with Gasteiger partial charge >= 0.3 is 6.09 Å². The second-order valence-electron chi connectivity index (χ2n) is 5.20. The fourth-order valence-electron chi connectivity index (χ4n) is 2.09. The van der Waals surface area contributed by atoms with Crippen molar-refractivity contribution in [3.8, 4) is 0 Å². The molecule has 0 aliphatic heterocycles. The molecule has 1 aromatic carbocycles. The third kappa shape index (κ3) is 4.49. The van der Waals surface area contributed by atoms with Gasteiger partial charge in [-0.15, -0.1) is 0 Å². The van der Waals surface area contributed by atoms with Crippen LogP contribution in [0.1, 0.15) is 39.4 Å². The predicted octanol–water partition coefficient (Wildman–Crippen LogP) is 3.74. The highest BCUT2D eigenvalue weighted by atomic mass is 79.9. The van der Waals surface area contributed by atoms with Crippen LogP contribution < -0.4 is 0 Å². The molecule has 0 saturated carbocycles. The molecular formula is C15H22BrNO3. The molecule has 1 aromatic rings. The van der Waals surface area contributed by atoms with Crippen molar-refractivity contribution in [2.24, 2.45) is 0 Å². The summed E-state index contributed by atoms with van der Waals surface area (Å²) in [6.45, 7) is 7.52. The zero-order valence-corrected chi connectivity index (χ0v) is 13.9. The summed E-state index contributed by atoms with van der Waals surface area (Å²) in [6, 6.07) is 7.46. The third-order valence-corrected chi connectivity index (χ3v) is 3.50. The van der Waals surface area contributed by atoms with Crippen LogP contribution in [0.25, 0.3) is 0 Å². The van der Waals surface area contributed by atoms with Crippen LogP contribution in [0.3, 0.4) is 0 Å². The average Bonchev–Trinajstić information content (AvgIpc) is 2.36. The van der Waals surface area contributed by atoms with Crippen LogP contribution >= 0.6 is 15.9 Å². The van der Waals surface area contributed by atoms with Crippen LogP contribution in [0.4, 0.5) is 4.79 Å². The largest absolute Gasteiger partial charge is 0.439 e. The number of hydrogen-bond donors (Lipinski definition) is 1. The molecule has 20 heavy (non-hydrogen) atoms. The summed E-state index contributed by atoms with van der Waals surface area (Å²) < 4.78 is 6.37. The van der Waals surface area contributed by atoms with E-state index in [0.29, 0.717) is 0 Å². The number of amides is 1. The third-order valence-electron chi connectivity index (χ3n) is 2.97. The number of carbonyl (C=O) groups excluding carboxylic acids is 1. The van der Waals surface area contributed by atoms with E-state index < -0.39 is 12.2 Å². The van der Waals surface area contributed by atoms with Gasteiger partial charge in [-0.25, -0.2) is 4.79 Å². The summed E-state index contributed by atoms with van der Waals surface area (Å²) in [4.78, 5) is 13.9. The van der Waals surface area contributed by atoms with Crippen LogP contribution in [-0.2, 0) is 4.74 Å². The van der Waals surface area contributed by atoms with Crippen molar-refractivity contribution >= 4 is 22.0 Å². The average molecular weight is 344 g/mol. The Labute approximate surface area is 128 Å². The lowest BCUT2D eigenvalue weighted by Gasteiger charge is -2.31. The molecule has 0 saturated heterocycles. The molecule has 1 N–H and O–H groups in total. The molecule has 0 aliphatic rings. The van der Waals surface area contributed by atoms with E-state index in [1.807, 2.05) is 52.0 Å². The molecule has 4 nitrogen and oxygen atoms in total. The van der Waals surface area contributed by atoms with Crippen molar-refractivity contribution in [2.75, 3.05) is 6.61 Å². The number of nitrogens with zero attached hydrogens (tertiary/aromatic N) is 1. The van der Waals surface area contributed by atoms with Crippen LogP contribution in [0.5, 0.6) is 0 Å². The lowest BCUT2D eigenvalue weighted by Crippen LogP contribution is -2.43. The summed E-state index contributed by atoms with van der Waals surface area (Å²) in [6.07, 6.45) is -1.05. The standard InChI is InChI=1S/C15H22BrNO3/c1-10(2)17(11(3)4)15(19)20-14(9-18)12-5-7-13(16)8-6-12/h5-8,10-11,14,18H,9H2,1-4H3. The molecule has 0 fully saturated rings. The molecule has 0 heterocycles. The molecule has 1 amide bonds. The Hall–Kier alpha value is -1.07. The number of benzene rings is 1. The summed E-state index contributed by atoms with van der Waals surface area (Å²) in [7, 11) is 0. The summed E-state index contributed by atoms with van der Waals surface area (Å²) >= 11 is 3.35. The smallest absolute Gasteiger partial charge is 0.410 e. The monoisotopic (exact) mass is 343 g/mol. The maximum atomic E-state index is 12.2. The van der Waals surface area contributed by atoms with Crippen LogP contribution in [0.15, 0.2) is 28.7 Å². The first-order chi connectivity index (χ1) is 9.36. The van der Waals surface area contributed by atoms with Gasteiger partial charge in [0.05, 0.1) is 6.61 Å². The summed E-state index contributed by atoms with van der Waals surface area (Å²) in [5, 5.41) is 9.45. The van der Waals surface area contributed by atoms with E-state index >= 15 is 0 Å². The molecular weight excluding hydrogens is 322 g/mol. The van der Waals surface area contributed by atoms with Gasteiger partial charge in [0.15, 0.2) is 6.10 Å². The minimum Gasteiger partial charge on any atom is -0.439 e. The van der Waals surface area contributed by atoms with Crippen LogP contribution in [0.2, 0.25) is 0 Å². The molecule has 5 heteroatoms. The highest BCUT2D eigenvalue weighted by Crippen LogP contribution is 2.21. The first kappa shape index (κ1) is 17.0. The van der Waals surface area contributed by atoms with Gasteiger partial charge < -0.3 is 14.7 Å². The molecule has 0 aromatic heterocycles. The number of rotatable bonds is 5. The lowest BCUT2D eigenvalue weighted by atomic mass is 10.1. The van der Waals surface area contributed by atoms with Crippen molar-refractivity contribution < 1.29 is 14.6 Å². The molecule has 112 valence electrons. The highest BCUT2D eigenvalue weighted by molar-refractivity contribution is 9.10. The number of aliphatic hydroxyl groups excluding tert-OH is 1. The van der Waals surface area contributed by atoms with E-state index in [-0.39, 0.29) is 18.7 Å². The first-order valence-corrected chi connectivity index (χ1v) is 7.51. The number of hydrogen-bond acceptors (Lipinski definition) is 3. The number of ether oxygens (including phenoxy) is 1. The second-order valence-corrected chi connectivity index (χ2v) is 6.12. The van der Waals surface area contributed by atoms with E-state index in [4.69, 9.17) is 4.74 Å². The fraction of sp³-hybridized carbons (Fsp3) is 0.533. The van der Waals surface area contributed by atoms with Gasteiger partial charge in [0, 0.05) is 16.6 Å². The van der Waals surface area contributed by atoms with Crippen molar-refractivity contribution in [3.05, 3.63) is 34.3 Å². The molecule has 1 unspecified atom stereocenters. The van der Waals surface area contributed by atoms with Gasteiger partial charge in [-0.2, -0.15) is 0 Å². The Morgan fingerprint density at radius 1 is 1.20 bits per heavy atom. The zero-order chi connectivity index (χ0) is 15.3. The normalized spacial score (nSPS) is 12.6. The number of halogens is 1. The van der Waals surface area contributed by atoms with E-state index in [1.54, 1.807) is 4.90 Å². The molecule has 0 spiro atoms. The Morgan fingerprint density at radius 3 is 2.10 bits per heavy atom. The van der Waals surface area contributed by atoms with Gasteiger partial charge in [0.25, 0.3) is 0 Å². The summed E-state index contributed by atoms with van der Waals surface area (Å²) in [5.41, 5.74) is 0.775. The quantitative estimate of drug-likeness (QED) is 0.885. The van der Waals surface area contributed by atoms with E-state index in [0.717, 1.165) is 10.0 Å². The molecule has 0 aliphatic carbocycles. The summed E-state index contributed by atoms with van der Waals surface area (Å²) in [5.74, 6) is 0. The minimum atomic E-state index is -0.643. The van der Waals surface area contributed by atoms with Crippen molar-refractivity contribution in [2.45, 2.75) is 45.9 Å². The number of aliphatic hydroxyl groups is 1. The van der Waals surface area contributed by atoms with Crippen molar-refractivity contribution in [3.63, 3.8) is 0 Å². The SMILES string of the molecule is CC(C)N(C(=O)OC(CO)c1ccc(Br)cc1)C(C)C. The second kappa shape index (κ2) is 7.64. The van der Waals surface area contributed by atoms with Gasteiger partial charge in [-0.1, -0.05) is 28.1 Å². The Bertz CT molecular complexity index is 423. The molecule has 1 atom stereocenters. The van der Waals surface area contributed by atoms with Crippen LogP contribution in [0, 0.1) is 0 Å². The Balaban J connectivity index is 2.82. The predicted molar refractivity (Wildman–Crippen MR) is 82.6 cm³/mol.